The van der Waals surface area contributed by atoms with Gasteiger partial charge in [-0.1, -0.05) is 36.4 Å². The maximum absolute atomic E-state index is 11.9. The molecule has 0 saturated carbocycles. The lowest BCUT2D eigenvalue weighted by Crippen LogP contribution is -2.29. The van der Waals surface area contributed by atoms with Gasteiger partial charge >= 0.3 is 5.97 Å². The molecule has 0 N–H and O–H groups in total. The van der Waals surface area contributed by atoms with Crippen molar-refractivity contribution >= 4 is 23.3 Å². The van der Waals surface area contributed by atoms with Crippen molar-refractivity contribution in [3.8, 4) is 11.1 Å². The average molecular weight is 406 g/mol. The molecule has 2 aromatic rings. The van der Waals surface area contributed by atoms with E-state index in [2.05, 4.69) is 0 Å². The predicted octanol–water partition coefficient (Wildman–Crippen LogP) is 4.02. The van der Waals surface area contributed by atoms with Gasteiger partial charge in [-0.3, -0.25) is 14.9 Å². The lowest BCUT2D eigenvalue weighted by atomic mass is 9.90. The normalized spacial score (nSPS) is 15.3. The summed E-state index contributed by atoms with van der Waals surface area (Å²) in [5.41, 5.74) is 1.73. The highest BCUT2D eigenvalue weighted by Crippen LogP contribution is 2.43. The number of esters is 1. The van der Waals surface area contributed by atoms with Gasteiger partial charge in [-0.25, -0.2) is 0 Å². The van der Waals surface area contributed by atoms with E-state index in [4.69, 9.17) is 25.8 Å². The number of ether oxygens (including phenoxy) is 3. The molecule has 1 heterocycles. The molecule has 0 radical (unpaired) electrons. The summed E-state index contributed by atoms with van der Waals surface area (Å²) in [5.74, 6) is -1.34. The molecule has 1 saturated heterocycles. The molecule has 28 heavy (non-hydrogen) atoms. The van der Waals surface area contributed by atoms with E-state index in [0.717, 1.165) is 0 Å². The first-order valence-electron chi connectivity index (χ1n) is 8.90. The second-order valence-corrected chi connectivity index (χ2v) is 6.56. The van der Waals surface area contributed by atoms with Gasteiger partial charge in [0.1, 0.15) is 6.61 Å². The van der Waals surface area contributed by atoms with Gasteiger partial charge in [0.15, 0.2) is 5.79 Å². The van der Waals surface area contributed by atoms with Gasteiger partial charge in [-0.05, 0) is 11.6 Å². The minimum absolute atomic E-state index is 0.00961. The first-order chi connectivity index (χ1) is 13.6. The Kier molecular flexibility index (Phi) is 6.61. The Hall–Kier alpha value is -2.48. The van der Waals surface area contributed by atoms with Crippen LogP contribution in [0.25, 0.3) is 11.1 Å². The minimum atomic E-state index is -1.17. The third-order valence-electron chi connectivity index (χ3n) is 4.48. The summed E-state index contributed by atoms with van der Waals surface area (Å²) in [7, 11) is 0. The fourth-order valence-electron chi connectivity index (χ4n) is 3.29. The number of hydrogen-bond acceptors (Lipinski definition) is 6. The predicted molar refractivity (Wildman–Crippen MR) is 103 cm³/mol. The first-order valence-corrected chi connectivity index (χ1v) is 9.43. The number of benzene rings is 2. The number of nitro benzene ring substituents is 1. The Morgan fingerprint density at radius 1 is 1.11 bits per heavy atom. The van der Waals surface area contributed by atoms with E-state index in [9.17, 15) is 14.9 Å². The number of halogens is 1. The molecule has 8 heteroatoms. The molecule has 0 aliphatic carbocycles. The fraction of sp³-hybridized carbons (Fsp3) is 0.350. The van der Waals surface area contributed by atoms with E-state index in [1.807, 2.05) is 12.1 Å². The highest BCUT2D eigenvalue weighted by Gasteiger charge is 2.41. The van der Waals surface area contributed by atoms with Gasteiger partial charge in [0.25, 0.3) is 5.69 Å². The second kappa shape index (κ2) is 9.14. The highest BCUT2D eigenvalue weighted by atomic mass is 35.5. The number of para-hydroxylation sites is 1. The van der Waals surface area contributed by atoms with Crippen LogP contribution in [0.2, 0.25) is 0 Å². The van der Waals surface area contributed by atoms with Crippen molar-refractivity contribution in [2.75, 3.05) is 25.7 Å². The molecular formula is C20H20ClNO6. The third-order valence-corrected chi connectivity index (χ3v) is 4.63. The van der Waals surface area contributed by atoms with E-state index in [1.165, 1.54) is 6.07 Å². The van der Waals surface area contributed by atoms with E-state index in [0.29, 0.717) is 29.9 Å². The van der Waals surface area contributed by atoms with Crippen molar-refractivity contribution in [1.82, 2.24) is 0 Å². The summed E-state index contributed by atoms with van der Waals surface area (Å²) < 4.78 is 16.9. The summed E-state index contributed by atoms with van der Waals surface area (Å²) in [6.45, 7) is 0.867. The van der Waals surface area contributed by atoms with Gasteiger partial charge in [0, 0.05) is 18.1 Å². The molecule has 7 nitrogen and oxygen atoms in total. The number of nitro groups is 1. The lowest BCUT2D eigenvalue weighted by Gasteiger charge is -2.29. The van der Waals surface area contributed by atoms with Crippen molar-refractivity contribution in [1.29, 1.82) is 0 Å². The minimum Gasteiger partial charge on any atom is -0.464 e. The van der Waals surface area contributed by atoms with Crippen LogP contribution >= 0.6 is 11.6 Å². The van der Waals surface area contributed by atoms with Crippen molar-refractivity contribution in [3.05, 3.63) is 64.2 Å². The Labute approximate surface area is 167 Å². The van der Waals surface area contributed by atoms with Gasteiger partial charge in [0.05, 0.1) is 36.0 Å². The van der Waals surface area contributed by atoms with Gasteiger partial charge in [0.2, 0.25) is 0 Å². The SMILES string of the molecule is O=C(CCC1(c2ccccc2-c2ccccc2[N+](=O)[O-])OCCO1)OCCCl. The first kappa shape index (κ1) is 20.3. The number of carbonyl (C=O) groups is 1. The summed E-state index contributed by atoms with van der Waals surface area (Å²) >= 11 is 5.54. The smallest absolute Gasteiger partial charge is 0.306 e. The van der Waals surface area contributed by atoms with Crippen LogP contribution in [-0.2, 0) is 24.8 Å². The Bertz CT molecular complexity index is 850. The summed E-state index contributed by atoms with van der Waals surface area (Å²) in [5, 5.41) is 11.5. The largest absolute Gasteiger partial charge is 0.464 e. The molecule has 148 valence electrons. The quantitative estimate of drug-likeness (QED) is 0.285. The number of alkyl halides is 1. The van der Waals surface area contributed by atoms with Crippen molar-refractivity contribution in [2.45, 2.75) is 18.6 Å². The average Bonchev–Trinajstić information content (AvgIpc) is 3.21. The maximum Gasteiger partial charge on any atom is 0.306 e. The van der Waals surface area contributed by atoms with Crippen molar-refractivity contribution < 1.29 is 23.9 Å². The van der Waals surface area contributed by atoms with E-state index >= 15 is 0 Å². The van der Waals surface area contributed by atoms with Crippen LogP contribution in [0.3, 0.4) is 0 Å². The number of nitrogens with zero attached hydrogens (tertiary/aromatic N) is 1. The number of rotatable bonds is 8. The molecule has 3 rings (SSSR count). The van der Waals surface area contributed by atoms with Gasteiger partial charge < -0.3 is 14.2 Å². The zero-order valence-electron chi connectivity index (χ0n) is 15.1. The molecule has 0 amide bonds. The van der Waals surface area contributed by atoms with Crippen molar-refractivity contribution in [3.63, 3.8) is 0 Å². The zero-order valence-corrected chi connectivity index (χ0v) is 15.9. The molecular weight excluding hydrogens is 386 g/mol. The Balaban J connectivity index is 1.98. The maximum atomic E-state index is 11.9. The molecule has 2 aromatic carbocycles. The number of carbonyl (C=O) groups excluding carboxylic acids is 1. The molecule has 0 unspecified atom stereocenters. The van der Waals surface area contributed by atoms with E-state index in [1.54, 1.807) is 30.3 Å². The number of hydrogen-bond donors (Lipinski definition) is 0. The topological polar surface area (TPSA) is 87.9 Å². The monoisotopic (exact) mass is 405 g/mol. The Morgan fingerprint density at radius 2 is 1.75 bits per heavy atom. The summed E-state index contributed by atoms with van der Waals surface area (Å²) in [6, 6.07) is 13.7. The summed E-state index contributed by atoms with van der Waals surface area (Å²) in [4.78, 5) is 23.0. The molecule has 0 atom stereocenters. The molecule has 0 bridgehead atoms. The van der Waals surface area contributed by atoms with Gasteiger partial charge in [-0.15, -0.1) is 11.6 Å². The Morgan fingerprint density at radius 3 is 2.43 bits per heavy atom. The van der Waals surface area contributed by atoms with Crippen LogP contribution in [0.1, 0.15) is 18.4 Å². The van der Waals surface area contributed by atoms with Gasteiger partial charge in [-0.2, -0.15) is 0 Å². The van der Waals surface area contributed by atoms with E-state index in [-0.39, 0.29) is 31.0 Å². The molecule has 0 aromatic heterocycles. The van der Waals surface area contributed by atoms with Crippen LogP contribution in [-0.4, -0.2) is 36.6 Å². The van der Waals surface area contributed by atoms with E-state index < -0.39 is 16.7 Å². The standard InChI is InChI=1S/C20H20ClNO6/c21-11-12-26-19(23)9-10-20(27-13-14-28-20)17-7-3-1-5-15(17)16-6-2-4-8-18(16)22(24)25/h1-8H,9-14H2. The van der Waals surface area contributed by atoms with Crippen LogP contribution in [0, 0.1) is 10.1 Å². The van der Waals surface area contributed by atoms with Crippen LogP contribution in [0.5, 0.6) is 0 Å². The molecule has 1 aliphatic rings. The van der Waals surface area contributed by atoms with Crippen LogP contribution in [0.15, 0.2) is 48.5 Å². The lowest BCUT2D eigenvalue weighted by molar-refractivity contribution is -0.384. The van der Waals surface area contributed by atoms with Crippen molar-refractivity contribution in [2.24, 2.45) is 0 Å². The fourth-order valence-corrected chi connectivity index (χ4v) is 3.37. The molecule has 0 spiro atoms. The van der Waals surface area contributed by atoms with Crippen LogP contribution in [0.4, 0.5) is 5.69 Å². The van der Waals surface area contributed by atoms with Crippen LogP contribution < -0.4 is 0 Å². The summed E-state index contributed by atoms with van der Waals surface area (Å²) in [6.07, 6.45) is 0.299. The molecule has 1 fully saturated rings. The third kappa shape index (κ3) is 4.32. The highest BCUT2D eigenvalue weighted by molar-refractivity contribution is 6.18. The second-order valence-electron chi connectivity index (χ2n) is 6.18. The zero-order chi connectivity index (χ0) is 20.0. The molecule has 1 aliphatic heterocycles.